The molecule has 0 aliphatic carbocycles. The van der Waals surface area contributed by atoms with Crippen LogP contribution in [0.2, 0.25) is 0 Å². The first-order chi connectivity index (χ1) is 15.7. The van der Waals surface area contributed by atoms with Gasteiger partial charge in [-0.25, -0.2) is 0 Å². The van der Waals surface area contributed by atoms with Crippen molar-refractivity contribution in [3.8, 4) is 10.7 Å². The van der Waals surface area contributed by atoms with E-state index in [-0.39, 0.29) is 5.91 Å². The Labute approximate surface area is 190 Å². The zero-order valence-electron chi connectivity index (χ0n) is 17.9. The van der Waals surface area contributed by atoms with Gasteiger partial charge in [0.05, 0.1) is 25.5 Å². The lowest BCUT2D eigenvalue weighted by atomic mass is 10.1. The van der Waals surface area contributed by atoms with Crippen molar-refractivity contribution in [3.63, 3.8) is 0 Å². The first-order valence-electron chi connectivity index (χ1n) is 10.7. The Hall–Kier alpha value is -3.07. The second-order valence-electron chi connectivity index (χ2n) is 7.99. The zero-order chi connectivity index (χ0) is 21.9. The molecule has 2 aromatic carbocycles. The van der Waals surface area contributed by atoms with Gasteiger partial charge in [0.1, 0.15) is 5.01 Å². The number of hydrogen-bond acceptors (Lipinski definition) is 6. The Morgan fingerprint density at radius 2 is 1.97 bits per heavy atom. The molecular weight excluding hydrogens is 422 g/mol. The normalized spacial score (nSPS) is 14.7. The molecular formula is C24H25N5O2S. The van der Waals surface area contributed by atoms with Crippen molar-refractivity contribution in [3.05, 3.63) is 70.2 Å². The number of aryl methyl sites for hydroxylation is 1. The van der Waals surface area contributed by atoms with Gasteiger partial charge in [-0.05, 0) is 42.3 Å². The lowest BCUT2D eigenvalue weighted by Crippen LogP contribution is -2.35. The summed E-state index contributed by atoms with van der Waals surface area (Å²) in [5.41, 5.74) is 5.10. The van der Waals surface area contributed by atoms with E-state index in [0.29, 0.717) is 12.1 Å². The molecule has 0 unspecified atom stereocenters. The Bertz CT molecular complexity index is 1220. The smallest absolute Gasteiger partial charge is 0.251 e. The van der Waals surface area contributed by atoms with E-state index in [4.69, 9.17) is 4.74 Å². The second-order valence-corrected chi connectivity index (χ2v) is 9.05. The predicted octanol–water partition coefficient (Wildman–Crippen LogP) is 3.76. The van der Waals surface area contributed by atoms with Gasteiger partial charge in [-0.1, -0.05) is 35.6 Å². The van der Waals surface area contributed by atoms with Crippen LogP contribution in [0.25, 0.3) is 21.6 Å². The van der Waals surface area contributed by atoms with E-state index in [2.05, 4.69) is 50.5 Å². The molecule has 32 heavy (non-hydrogen) atoms. The van der Waals surface area contributed by atoms with E-state index in [0.717, 1.165) is 54.1 Å². The second kappa shape index (κ2) is 9.20. The van der Waals surface area contributed by atoms with E-state index in [1.54, 1.807) is 0 Å². The third-order valence-electron chi connectivity index (χ3n) is 5.71. The molecule has 2 aromatic heterocycles. The minimum Gasteiger partial charge on any atom is -0.379 e. The number of morpholine rings is 1. The van der Waals surface area contributed by atoms with Crippen molar-refractivity contribution < 1.29 is 9.53 Å². The fraction of sp³-hybridized carbons (Fsp3) is 0.292. The van der Waals surface area contributed by atoms with Crippen LogP contribution in [-0.2, 0) is 17.8 Å². The summed E-state index contributed by atoms with van der Waals surface area (Å²) in [6.45, 7) is 6.80. The number of aromatic nitrogens is 3. The summed E-state index contributed by atoms with van der Waals surface area (Å²) in [5.74, 6) is -0.110. The van der Waals surface area contributed by atoms with Crippen molar-refractivity contribution in [2.75, 3.05) is 26.3 Å². The molecule has 1 fully saturated rings. The van der Waals surface area contributed by atoms with Crippen LogP contribution in [0.3, 0.4) is 0 Å². The maximum Gasteiger partial charge on any atom is 0.251 e. The SMILES string of the molecule is Cc1cccc2[nH]c(-c3nnc(CNC(=O)c4ccc(CN5CCOCC5)cc4)s3)cc12. The van der Waals surface area contributed by atoms with Gasteiger partial charge in [0.15, 0.2) is 5.01 Å². The van der Waals surface area contributed by atoms with E-state index in [1.165, 1.54) is 27.8 Å². The molecule has 0 radical (unpaired) electrons. The van der Waals surface area contributed by atoms with Crippen LogP contribution in [-0.4, -0.2) is 52.3 Å². The van der Waals surface area contributed by atoms with Crippen molar-refractivity contribution in [1.29, 1.82) is 0 Å². The monoisotopic (exact) mass is 447 g/mol. The van der Waals surface area contributed by atoms with Crippen molar-refractivity contribution >= 4 is 28.1 Å². The molecule has 4 aromatic rings. The number of rotatable bonds is 6. The summed E-state index contributed by atoms with van der Waals surface area (Å²) in [7, 11) is 0. The standard InChI is InChI=1S/C24H25N5O2S/c1-16-3-2-4-20-19(16)13-21(26-20)24-28-27-22(32-24)14-25-23(30)18-7-5-17(6-8-18)15-29-9-11-31-12-10-29/h2-8,13,26H,9-12,14-15H2,1H3,(H,25,30). The number of nitrogens with zero attached hydrogens (tertiary/aromatic N) is 3. The van der Waals surface area contributed by atoms with Gasteiger partial charge in [0.2, 0.25) is 0 Å². The number of hydrogen-bond donors (Lipinski definition) is 2. The fourth-order valence-corrected chi connectivity index (χ4v) is 4.64. The fourth-order valence-electron chi connectivity index (χ4n) is 3.89. The highest BCUT2D eigenvalue weighted by Crippen LogP contribution is 2.28. The summed E-state index contributed by atoms with van der Waals surface area (Å²) >= 11 is 1.48. The van der Waals surface area contributed by atoms with E-state index in [1.807, 2.05) is 30.3 Å². The lowest BCUT2D eigenvalue weighted by Gasteiger charge is -2.26. The number of H-pyrrole nitrogens is 1. The molecule has 1 aliphatic rings. The molecule has 2 N–H and O–H groups in total. The number of nitrogens with one attached hydrogen (secondary N) is 2. The van der Waals surface area contributed by atoms with E-state index < -0.39 is 0 Å². The maximum atomic E-state index is 12.6. The predicted molar refractivity (Wildman–Crippen MR) is 126 cm³/mol. The van der Waals surface area contributed by atoms with Crippen LogP contribution >= 0.6 is 11.3 Å². The van der Waals surface area contributed by atoms with Gasteiger partial charge in [0.25, 0.3) is 5.91 Å². The number of benzene rings is 2. The van der Waals surface area contributed by atoms with E-state index >= 15 is 0 Å². The van der Waals surface area contributed by atoms with Crippen LogP contribution in [0.4, 0.5) is 0 Å². The average Bonchev–Trinajstić information content (AvgIpc) is 3.46. The third kappa shape index (κ3) is 4.57. The summed E-state index contributed by atoms with van der Waals surface area (Å²) in [5, 5.41) is 14.3. The van der Waals surface area contributed by atoms with Crippen LogP contribution in [0.5, 0.6) is 0 Å². The van der Waals surface area contributed by atoms with Gasteiger partial charge in [-0.15, -0.1) is 10.2 Å². The van der Waals surface area contributed by atoms with Crippen molar-refractivity contribution in [2.24, 2.45) is 0 Å². The summed E-state index contributed by atoms with van der Waals surface area (Å²) in [6, 6.07) is 16.1. The average molecular weight is 448 g/mol. The number of carbonyl (C=O) groups excluding carboxylic acids is 1. The molecule has 5 rings (SSSR count). The third-order valence-corrected chi connectivity index (χ3v) is 6.66. The zero-order valence-corrected chi connectivity index (χ0v) is 18.7. The highest BCUT2D eigenvalue weighted by molar-refractivity contribution is 7.14. The Morgan fingerprint density at radius 1 is 1.16 bits per heavy atom. The number of ether oxygens (including phenoxy) is 1. The van der Waals surface area contributed by atoms with Crippen molar-refractivity contribution in [1.82, 2.24) is 25.4 Å². The first-order valence-corrected chi connectivity index (χ1v) is 11.6. The van der Waals surface area contributed by atoms with Crippen LogP contribution in [0, 0.1) is 6.92 Å². The first kappa shape index (κ1) is 20.8. The molecule has 0 spiro atoms. The number of amides is 1. The summed E-state index contributed by atoms with van der Waals surface area (Å²) in [4.78, 5) is 18.3. The number of aromatic amines is 1. The molecule has 1 saturated heterocycles. The van der Waals surface area contributed by atoms with Crippen molar-refractivity contribution in [2.45, 2.75) is 20.0 Å². The summed E-state index contributed by atoms with van der Waals surface area (Å²) < 4.78 is 5.39. The molecule has 1 aliphatic heterocycles. The van der Waals surface area contributed by atoms with Crippen LogP contribution in [0.1, 0.15) is 26.5 Å². The highest BCUT2D eigenvalue weighted by atomic mass is 32.1. The van der Waals surface area contributed by atoms with Crippen LogP contribution in [0.15, 0.2) is 48.5 Å². The van der Waals surface area contributed by atoms with Crippen LogP contribution < -0.4 is 5.32 Å². The highest BCUT2D eigenvalue weighted by Gasteiger charge is 2.13. The Kier molecular flexibility index (Phi) is 5.98. The van der Waals surface area contributed by atoms with Gasteiger partial charge in [-0.2, -0.15) is 0 Å². The Balaban J connectivity index is 1.19. The number of carbonyl (C=O) groups is 1. The minimum absolute atomic E-state index is 0.110. The maximum absolute atomic E-state index is 12.6. The molecule has 0 saturated carbocycles. The largest absolute Gasteiger partial charge is 0.379 e. The number of fused-ring (bicyclic) bond motifs is 1. The molecule has 3 heterocycles. The lowest BCUT2D eigenvalue weighted by molar-refractivity contribution is 0.0342. The molecule has 164 valence electrons. The molecule has 1 amide bonds. The Morgan fingerprint density at radius 3 is 2.75 bits per heavy atom. The topological polar surface area (TPSA) is 83.1 Å². The van der Waals surface area contributed by atoms with Gasteiger partial charge < -0.3 is 15.0 Å². The molecule has 0 bridgehead atoms. The molecule has 7 nitrogen and oxygen atoms in total. The molecule has 8 heteroatoms. The molecule has 0 atom stereocenters. The van der Waals surface area contributed by atoms with Gasteiger partial charge in [0, 0.05) is 36.1 Å². The quantitative estimate of drug-likeness (QED) is 0.470. The van der Waals surface area contributed by atoms with E-state index in [9.17, 15) is 4.79 Å². The minimum atomic E-state index is -0.110. The van der Waals surface area contributed by atoms with Gasteiger partial charge >= 0.3 is 0 Å². The van der Waals surface area contributed by atoms with Gasteiger partial charge in [-0.3, -0.25) is 9.69 Å². The summed E-state index contributed by atoms with van der Waals surface area (Å²) in [6.07, 6.45) is 0.